The maximum atomic E-state index is 9.36. The average Bonchev–Trinajstić information content (AvgIpc) is 2.00. The van der Waals surface area contributed by atoms with Gasteiger partial charge in [0, 0.05) is 0 Å². The topological polar surface area (TPSA) is 29.5 Å². The Hall–Kier alpha value is -0.150. The van der Waals surface area contributed by atoms with E-state index in [0.29, 0.717) is 24.0 Å². The summed E-state index contributed by atoms with van der Waals surface area (Å²) in [6.07, 6.45) is 1.05. The van der Waals surface area contributed by atoms with E-state index in [0.717, 1.165) is 6.42 Å². The van der Waals surface area contributed by atoms with Crippen LogP contribution in [0.25, 0.3) is 0 Å². The normalized spacial score (nSPS) is 13.1. The van der Waals surface area contributed by atoms with Crippen molar-refractivity contribution in [2.45, 2.75) is 39.7 Å². The van der Waals surface area contributed by atoms with Gasteiger partial charge in [0.15, 0.2) is 5.05 Å². The number of thiocarbonyl (C=S) groups is 1. The third kappa shape index (κ3) is 5.49. The predicted octanol–water partition coefficient (Wildman–Crippen LogP) is 2.15. The van der Waals surface area contributed by atoms with Gasteiger partial charge in [0.1, 0.15) is 6.10 Å². The molecule has 0 saturated heterocycles. The monoisotopic (exact) mass is 190 g/mol. The molecular weight excluding hydrogens is 172 g/mol. The third-order valence-corrected chi connectivity index (χ3v) is 1.78. The SMILES string of the molecule is CCCC(O)C(=S)OCC(C)C. The summed E-state index contributed by atoms with van der Waals surface area (Å²) in [6, 6.07) is 0. The van der Waals surface area contributed by atoms with Crippen LogP contribution in [0.2, 0.25) is 0 Å². The molecule has 0 radical (unpaired) electrons. The molecular formula is C9H18O2S. The maximum absolute atomic E-state index is 9.36. The Morgan fingerprint density at radius 3 is 2.50 bits per heavy atom. The molecule has 0 aliphatic rings. The molecule has 0 aromatic carbocycles. The van der Waals surface area contributed by atoms with Gasteiger partial charge in [0.05, 0.1) is 6.61 Å². The molecule has 1 N–H and O–H groups in total. The van der Waals surface area contributed by atoms with E-state index in [1.165, 1.54) is 0 Å². The molecule has 0 aliphatic heterocycles. The van der Waals surface area contributed by atoms with Crippen molar-refractivity contribution in [1.29, 1.82) is 0 Å². The first kappa shape index (κ1) is 11.8. The number of hydrogen-bond donors (Lipinski definition) is 1. The second kappa shape index (κ2) is 6.38. The van der Waals surface area contributed by atoms with Crippen molar-refractivity contribution in [3.8, 4) is 0 Å². The molecule has 72 valence electrons. The summed E-state index contributed by atoms with van der Waals surface area (Å²) in [5.41, 5.74) is 0. The lowest BCUT2D eigenvalue weighted by atomic mass is 10.2. The molecule has 0 bridgehead atoms. The Kier molecular flexibility index (Phi) is 6.30. The average molecular weight is 190 g/mol. The van der Waals surface area contributed by atoms with Crippen LogP contribution >= 0.6 is 12.2 Å². The van der Waals surface area contributed by atoms with E-state index in [1.807, 2.05) is 6.92 Å². The van der Waals surface area contributed by atoms with Crippen molar-refractivity contribution in [3.63, 3.8) is 0 Å². The van der Waals surface area contributed by atoms with Crippen molar-refractivity contribution >= 4 is 17.3 Å². The molecule has 0 amide bonds. The highest BCUT2D eigenvalue weighted by Crippen LogP contribution is 2.02. The van der Waals surface area contributed by atoms with Gasteiger partial charge in [-0.3, -0.25) is 0 Å². The number of rotatable bonds is 5. The quantitative estimate of drug-likeness (QED) is 0.674. The zero-order valence-electron chi connectivity index (χ0n) is 8.04. The van der Waals surface area contributed by atoms with Crippen molar-refractivity contribution in [2.75, 3.05) is 6.61 Å². The molecule has 0 aromatic heterocycles. The zero-order valence-corrected chi connectivity index (χ0v) is 8.86. The molecule has 1 unspecified atom stereocenters. The van der Waals surface area contributed by atoms with Crippen LogP contribution in [0.5, 0.6) is 0 Å². The second-order valence-corrected chi connectivity index (χ2v) is 3.73. The Labute approximate surface area is 79.9 Å². The maximum Gasteiger partial charge on any atom is 0.188 e. The lowest BCUT2D eigenvalue weighted by Gasteiger charge is -2.13. The van der Waals surface area contributed by atoms with Crippen LogP contribution in [-0.2, 0) is 4.74 Å². The van der Waals surface area contributed by atoms with Gasteiger partial charge in [-0.1, -0.05) is 27.2 Å². The van der Waals surface area contributed by atoms with Crippen molar-refractivity contribution < 1.29 is 9.84 Å². The van der Waals surface area contributed by atoms with Gasteiger partial charge in [-0.15, -0.1) is 0 Å². The van der Waals surface area contributed by atoms with Crippen LogP contribution < -0.4 is 0 Å². The second-order valence-electron chi connectivity index (χ2n) is 3.33. The third-order valence-electron chi connectivity index (χ3n) is 1.39. The summed E-state index contributed by atoms with van der Waals surface area (Å²) in [6.45, 7) is 6.71. The minimum Gasteiger partial charge on any atom is -0.484 e. The molecule has 1 atom stereocenters. The summed E-state index contributed by atoms with van der Waals surface area (Å²) in [5, 5.41) is 9.70. The van der Waals surface area contributed by atoms with E-state index in [-0.39, 0.29) is 0 Å². The Bertz CT molecular complexity index is 134. The smallest absolute Gasteiger partial charge is 0.188 e. The number of hydrogen-bond acceptors (Lipinski definition) is 3. The van der Waals surface area contributed by atoms with Gasteiger partial charge < -0.3 is 9.84 Å². The van der Waals surface area contributed by atoms with Gasteiger partial charge in [-0.2, -0.15) is 0 Å². The fourth-order valence-corrected chi connectivity index (χ4v) is 0.922. The molecule has 0 rings (SSSR count). The van der Waals surface area contributed by atoms with Crippen LogP contribution in [0.4, 0.5) is 0 Å². The first-order valence-electron chi connectivity index (χ1n) is 4.42. The lowest BCUT2D eigenvalue weighted by molar-refractivity contribution is 0.172. The minimum absolute atomic E-state index is 0.338. The highest BCUT2D eigenvalue weighted by molar-refractivity contribution is 7.80. The van der Waals surface area contributed by atoms with Crippen LogP contribution in [-0.4, -0.2) is 22.9 Å². The first-order chi connectivity index (χ1) is 5.57. The largest absolute Gasteiger partial charge is 0.484 e. The van der Waals surface area contributed by atoms with Gasteiger partial charge >= 0.3 is 0 Å². The Morgan fingerprint density at radius 2 is 2.08 bits per heavy atom. The molecule has 0 aromatic rings. The van der Waals surface area contributed by atoms with Crippen LogP contribution in [0.15, 0.2) is 0 Å². The lowest BCUT2D eigenvalue weighted by Crippen LogP contribution is -2.22. The molecule has 0 heterocycles. The molecule has 0 spiro atoms. The number of aliphatic hydroxyl groups excluding tert-OH is 1. The fraction of sp³-hybridized carbons (Fsp3) is 0.889. The van der Waals surface area contributed by atoms with Gasteiger partial charge in [0.2, 0.25) is 0 Å². The van der Waals surface area contributed by atoms with Crippen LogP contribution in [0.3, 0.4) is 0 Å². The van der Waals surface area contributed by atoms with E-state index in [2.05, 4.69) is 13.8 Å². The highest BCUT2D eigenvalue weighted by Gasteiger charge is 2.10. The predicted molar refractivity (Wildman–Crippen MR) is 54.3 cm³/mol. The number of aliphatic hydroxyl groups is 1. The summed E-state index contributed by atoms with van der Waals surface area (Å²) >= 11 is 4.89. The van der Waals surface area contributed by atoms with E-state index >= 15 is 0 Å². The molecule has 12 heavy (non-hydrogen) atoms. The van der Waals surface area contributed by atoms with E-state index in [1.54, 1.807) is 0 Å². The molecule has 2 nitrogen and oxygen atoms in total. The van der Waals surface area contributed by atoms with Crippen molar-refractivity contribution in [3.05, 3.63) is 0 Å². The molecule has 0 aliphatic carbocycles. The van der Waals surface area contributed by atoms with E-state index < -0.39 is 6.10 Å². The summed E-state index contributed by atoms with van der Waals surface area (Å²) < 4.78 is 5.20. The molecule has 0 fully saturated rings. The molecule has 3 heteroatoms. The standard InChI is InChI=1S/C9H18O2S/c1-4-5-8(10)9(12)11-6-7(2)3/h7-8,10H,4-6H2,1-3H3. The van der Waals surface area contributed by atoms with Gasteiger partial charge in [-0.25, -0.2) is 0 Å². The van der Waals surface area contributed by atoms with Crippen LogP contribution in [0, 0.1) is 5.92 Å². The van der Waals surface area contributed by atoms with Gasteiger partial charge in [0.25, 0.3) is 0 Å². The van der Waals surface area contributed by atoms with Gasteiger partial charge in [-0.05, 0) is 24.6 Å². The summed E-state index contributed by atoms with van der Waals surface area (Å²) in [4.78, 5) is 0. The van der Waals surface area contributed by atoms with E-state index in [4.69, 9.17) is 17.0 Å². The Balaban J connectivity index is 3.57. The van der Waals surface area contributed by atoms with Crippen molar-refractivity contribution in [2.24, 2.45) is 5.92 Å². The Morgan fingerprint density at radius 1 is 1.50 bits per heavy atom. The first-order valence-corrected chi connectivity index (χ1v) is 4.83. The summed E-state index contributed by atoms with van der Waals surface area (Å²) in [5.74, 6) is 0.455. The van der Waals surface area contributed by atoms with Crippen LogP contribution in [0.1, 0.15) is 33.6 Å². The fourth-order valence-electron chi connectivity index (χ4n) is 0.736. The van der Waals surface area contributed by atoms with Crippen molar-refractivity contribution in [1.82, 2.24) is 0 Å². The highest BCUT2D eigenvalue weighted by atomic mass is 32.1. The zero-order chi connectivity index (χ0) is 9.56. The number of ether oxygens (including phenoxy) is 1. The van der Waals surface area contributed by atoms with E-state index in [9.17, 15) is 5.11 Å². The molecule has 0 saturated carbocycles. The minimum atomic E-state index is -0.566. The summed E-state index contributed by atoms with van der Waals surface area (Å²) in [7, 11) is 0.